The number of allylic oxidation sites excluding steroid dienone is 18. The smallest absolute Gasteiger partial charge is 0.220 e. The zero-order chi connectivity index (χ0) is 57.4. The second-order valence-corrected chi connectivity index (χ2v) is 21.1. The van der Waals surface area contributed by atoms with Gasteiger partial charge < -0.3 is 65.1 Å². The van der Waals surface area contributed by atoms with Crippen LogP contribution < -0.4 is 5.32 Å². The molecule has 79 heavy (non-hydrogen) atoms. The van der Waals surface area contributed by atoms with Gasteiger partial charge in [0, 0.05) is 6.42 Å². The van der Waals surface area contributed by atoms with E-state index < -0.39 is 86.8 Å². The molecule has 0 spiro atoms. The van der Waals surface area contributed by atoms with E-state index in [2.05, 4.69) is 129 Å². The predicted octanol–water partition coefficient (Wildman–Crippen LogP) is 10.8. The molecule has 2 rings (SSSR count). The van der Waals surface area contributed by atoms with E-state index in [0.717, 1.165) is 109 Å². The van der Waals surface area contributed by atoms with Crippen molar-refractivity contribution in [3.8, 4) is 0 Å². The summed E-state index contributed by atoms with van der Waals surface area (Å²) < 4.78 is 22.7. The highest BCUT2D eigenvalue weighted by Gasteiger charge is 2.51. The van der Waals surface area contributed by atoms with E-state index in [0.29, 0.717) is 12.8 Å². The van der Waals surface area contributed by atoms with Crippen molar-refractivity contribution in [3.63, 3.8) is 0 Å². The first-order valence-electron chi connectivity index (χ1n) is 30.6. The Morgan fingerprint density at radius 1 is 0.468 bits per heavy atom. The van der Waals surface area contributed by atoms with Crippen LogP contribution in [0.1, 0.15) is 200 Å². The van der Waals surface area contributed by atoms with Crippen LogP contribution in [-0.2, 0) is 23.7 Å². The van der Waals surface area contributed by atoms with E-state index in [-0.39, 0.29) is 18.9 Å². The summed E-state index contributed by atoms with van der Waals surface area (Å²) in [5.41, 5.74) is 0. The van der Waals surface area contributed by atoms with Gasteiger partial charge >= 0.3 is 0 Å². The van der Waals surface area contributed by atoms with E-state index in [9.17, 15) is 45.6 Å². The van der Waals surface area contributed by atoms with Crippen LogP contribution in [0.5, 0.6) is 0 Å². The molecule has 12 unspecified atom stereocenters. The zero-order valence-electron chi connectivity index (χ0n) is 48.6. The summed E-state index contributed by atoms with van der Waals surface area (Å²) in [5, 5.41) is 86.9. The minimum atomic E-state index is -1.79. The molecule has 14 nitrogen and oxygen atoms in total. The standard InChI is InChI=1S/C65H109NO13/c1-3-5-7-9-11-13-14-15-16-17-18-19-20-21-22-23-24-25-26-27-28-29-30-31-32-33-34-35-36-37-38-39-40-41-43-45-47-49-57(70)66-53(54(69)48-46-44-42-12-10-8-6-4-2)52-76-64-62(75)60(73)63(56(51-68)78-64)79-65-61(74)59(72)58(71)55(50-67)77-65/h5,7,11,13,15-16,18-19,21-22,24-25,27-28,30-31,33-34,53-56,58-65,67-69,71-75H,3-4,6,8-10,12,14,17,20,23,26,29,32,35-52H2,1-2H3,(H,66,70)/b7-5-,13-11-,16-15-,19-18-,22-21-,25-24-,28-27-,31-30-,34-33-. The largest absolute Gasteiger partial charge is 0.394 e. The number of carbonyl (C=O) groups excluding carboxylic acids is 1. The quantitative estimate of drug-likeness (QED) is 0.0204. The van der Waals surface area contributed by atoms with Crippen molar-refractivity contribution in [1.29, 1.82) is 0 Å². The van der Waals surface area contributed by atoms with Gasteiger partial charge in [-0.3, -0.25) is 4.79 Å². The summed E-state index contributed by atoms with van der Waals surface area (Å²) in [6.45, 7) is 2.68. The molecule has 0 aliphatic carbocycles. The van der Waals surface area contributed by atoms with E-state index in [1.807, 2.05) is 0 Å². The van der Waals surface area contributed by atoms with Gasteiger partial charge in [-0.15, -0.1) is 0 Å². The molecule has 0 aromatic heterocycles. The molecular weight excluding hydrogens is 1000 g/mol. The average Bonchev–Trinajstić information content (AvgIpc) is 3.47. The number of nitrogens with one attached hydrogen (secondary N) is 1. The monoisotopic (exact) mass is 1110 g/mol. The van der Waals surface area contributed by atoms with E-state index >= 15 is 0 Å². The number of aliphatic hydroxyl groups excluding tert-OH is 8. The number of hydrogen-bond donors (Lipinski definition) is 9. The first kappa shape index (κ1) is 71.8. The SMILES string of the molecule is CC/C=C\C/C=C\C/C=C\C/C=C\C/C=C\C/C=C\C/C=C\C/C=C\C/C=C\CCCCCCCCCCCC(=O)NC(COC1OC(CO)C(OC2OC(CO)C(O)C(O)C2O)C(O)C1O)C(O)CCCCCCCCCC. The highest BCUT2D eigenvalue weighted by molar-refractivity contribution is 5.76. The zero-order valence-corrected chi connectivity index (χ0v) is 48.6. The number of rotatable bonds is 47. The summed E-state index contributed by atoms with van der Waals surface area (Å²) in [7, 11) is 0. The maximum absolute atomic E-state index is 13.2. The fraction of sp³-hybridized carbons (Fsp3) is 0.708. The van der Waals surface area contributed by atoms with Crippen molar-refractivity contribution in [2.24, 2.45) is 0 Å². The fourth-order valence-corrected chi connectivity index (χ4v) is 9.35. The lowest BCUT2D eigenvalue weighted by atomic mass is 9.97. The molecular formula is C65H109NO13. The molecule has 452 valence electrons. The first-order chi connectivity index (χ1) is 38.6. The highest BCUT2D eigenvalue weighted by atomic mass is 16.7. The van der Waals surface area contributed by atoms with E-state index in [1.165, 1.54) is 57.8 Å². The molecule has 0 radical (unpaired) electrons. The summed E-state index contributed by atoms with van der Waals surface area (Å²) in [5.74, 6) is -0.222. The molecule has 2 saturated heterocycles. The fourth-order valence-electron chi connectivity index (χ4n) is 9.35. The van der Waals surface area contributed by atoms with Crippen molar-refractivity contribution < 1.29 is 64.6 Å². The third-order valence-corrected chi connectivity index (χ3v) is 14.3. The molecule has 9 N–H and O–H groups in total. The van der Waals surface area contributed by atoms with Crippen molar-refractivity contribution in [2.75, 3.05) is 19.8 Å². The molecule has 1 amide bonds. The lowest BCUT2D eigenvalue weighted by Crippen LogP contribution is -2.65. The van der Waals surface area contributed by atoms with E-state index in [4.69, 9.17) is 18.9 Å². The lowest BCUT2D eigenvalue weighted by Gasteiger charge is -2.46. The second kappa shape index (κ2) is 49.3. The molecule has 2 aliphatic heterocycles. The van der Waals surface area contributed by atoms with Gasteiger partial charge in [0.05, 0.1) is 32.0 Å². The van der Waals surface area contributed by atoms with Crippen molar-refractivity contribution in [2.45, 2.75) is 274 Å². The Labute approximate surface area is 476 Å². The normalized spacial score (nSPS) is 25.2. The third-order valence-electron chi connectivity index (χ3n) is 14.3. The number of hydrogen-bond acceptors (Lipinski definition) is 13. The van der Waals surface area contributed by atoms with Crippen LogP contribution in [-0.4, -0.2) is 140 Å². The topological polar surface area (TPSA) is 228 Å². The molecule has 0 bridgehead atoms. The Balaban J connectivity index is 1.60. The Morgan fingerprint density at radius 2 is 0.873 bits per heavy atom. The molecule has 0 aromatic carbocycles. The molecule has 0 aromatic rings. The number of carbonyl (C=O) groups is 1. The Kier molecular flexibility index (Phi) is 44.8. The van der Waals surface area contributed by atoms with Crippen LogP contribution in [0.4, 0.5) is 0 Å². The molecule has 2 aliphatic rings. The minimum absolute atomic E-state index is 0.222. The van der Waals surface area contributed by atoms with Crippen LogP contribution in [0.15, 0.2) is 109 Å². The summed E-state index contributed by atoms with van der Waals surface area (Å²) in [6.07, 6.45) is 52.7. The third kappa shape index (κ3) is 34.6. The Hall–Kier alpha value is -3.35. The lowest BCUT2D eigenvalue weighted by molar-refractivity contribution is -0.359. The van der Waals surface area contributed by atoms with Gasteiger partial charge in [-0.2, -0.15) is 0 Å². The number of unbranched alkanes of at least 4 members (excludes halogenated alkanes) is 16. The average molecular weight is 1110 g/mol. The van der Waals surface area contributed by atoms with Gasteiger partial charge in [0.25, 0.3) is 0 Å². The van der Waals surface area contributed by atoms with Crippen LogP contribution in [0.2, 0.25) is 0 Å². The Morgan fingerprint density at radius 3 is 1.34 bits per heavy atom. The maximum Gasteiger partial charge on any atom is 0.220 e. The molecule has 14 heteroatoms. The van der Waals surface area contributed by atoms with Crippen molar-refractivity contribution in [3.05, 3.63) is 109 Å². The molecule has 2 heterocycles. The maximum atomic E-state index is 13.2. The summed E-state index contributed by atoms with van der Waals surface area (Å²) >= 11 is 0. The van der Waals surface area contributed by atoms with Crippen molar-refractivity contribution >= 4 is 5.91 Å². The van der Waals surface area contributed by atoms with Gasteiger partial charge in [0.1, 0.15) is 48.8 Å². The van der Waals surface area contributed by atoms with Crippen LogP contribution in [0, 0.1) is 0 Å². The summed E-state index contributed by atoms with van der Waals surface area (Å²) in [6, 6.07) is -0.836. The predicted molar refractivity (Wildman–Crippen MR) is 318 cm³/mol. The van der Waals surface area contributed by atoms with Crippen molar-refractivity contribution in [1.82, 2.24) is 5.32 Å². The first-order valence-corrected chi connectivity index (χ1v) is 30.6. The Bertz CT molecular complexity index is 1740. The number of aliphatic hydroxyl groups is 8. The van der Waals surface area contributed by atoms with Gasteiger partial charge in [0.2, 0.25) is 5.91 Å². The van der Waals surface area contributed by atoms with Gasteiger partial charge in [-0.05, 0) is 83.5 Å². The molecule has 12 atom stereocenters. The molecule has 2 fully saturated rings. The van der Waals surface area contributed by atoms with Crippen LogP contribution >= 0.6 is 0 Å². The van der Waals surface area contributed by atoms with Crippen LogP contribution in [0.3, 0.4) is 0 Å². The minimum Gasteiger partial charge on any atom is -0.394 e. The van der Waals surface area contributed by atoms with Gasteiger partial charge in [-0.25, -0.2) is 0 Å². The van der Waals surface area contributed by atoms with Crippen LogP contribution in [0.25, 0.3) is 0 Å². The number of amides is 1. The van der Waals surface area contributed by atoms with E-state index in [1.54, 1.807) is 0 Å². The summed E-state index contributed by atoms with van der Waals surface area (Å²) in [4.78, 5) is 13.2. The highest BCUT2D eigenvalue weighted by Crippen LogP contribution is 2.30. The van der Waals surface area contributed by atoms with Gasteiger partial charge in [0.15, 0.2) is 12.6 Å². The van der Waals surface area contributed by atoms with Gasteiger partial charge in [-0.1, -0.05) is 220 Å². The number of ether oxygens (including phenoxy) is 4. The second-order valence-electron chi connectivity index (χ2n) is 21.1. The molecule has 0 saturated carbocycles.